The van der Waals surface area contributed by atoms with Gasteiger partial charge in [0, 0.05) is 0 Å². The van der Waals surface area contributed by atoms with Crippen LogP contribution in [0, 0.1) is 11.6 Å². The highest BCUT2D eigenvalue weighted by Crippen LogP contribution is 2.25. The van der Waals surface area contributed by atoms with Crippen molar-refractivity contribution in [3.05, 3.63) is 71.3 Å². The molecule has 92 valence electrons. The Morgan fingerprint density at radius 2 is 0.889 bits per heavy atom. The minimum Gasteiger partial charge on any atom is -0.207 e. The lowest BCUT2D eigenvalue weighted by atomic mass is 9.97. The third-order valence-electron chi connectivity index (χ3n) is 3.12. The largest absolute Gasteiger partial charge is 0.207 e. The Morgan fingerprint density at radius 3 is 1.17 bits per heavy atom. The fraction of sp³-hybridized carbons (Fsp3) is 0.125. The molecule has 0 spiro atoms. The lowest BCUT2D eigenvalue weighted by Crippen LogP contribution is -1.87. The highest BCUT2D eigenvalue weighted by molar-refractivity contribution is 5.88. The number of allylic oxidation sites excluding steroid dienone is 2. The van der Waals surface area contributed by atoms with Crippen molar-refractivity contribution in [2.24, 2.45) is 0 Å². The molecule has 2 aromatic rings. The van der Waals surface area contributed by atoms with Crippen LogP contribution in [0.1, 0.15) is 25.0 Å². The highest BCUT2D eigenvalue weighted by atomic mass is 19.1. The molecule has 0 fully saturated rings. The Kier molecular flexibility index (Phi) is 3.56. The summed E-state index contributed by atoms with van der Waals surface area (Å²) in [6.45, 7) is 3.96. The number of hydrogen-bond donors (Lipinski definition) is 0. The minimum atomic E-state index is -0.244. The molecule has 0 saturated carbocycles. The van der Waals surface area contributed by atoms with Crippen molar-refractivity contribution in [1.82, 2.24) is 0 Å². The molecule has 0 nitrogen and oxygen atoms in total. The van der Waals surface area contributed by atoms with Gasteiger partial charge in [0.05, 0.1) is 0 Å². The molecular weight excluding hydrogens is 230 g/mol. The maximum absolute atomic E-state index is 12.9. The van der Waals surface area contributed by atoms with E-state index in [1.165, 1.54) is 24.3 Å². The third kappa shape index (κ3) is 2.65. The fourth-order valence-electron chi connectivity index (χ4n) is 1.83. The molecule has 0 atom stereocenters. The zero-order chi connectivity index (χ0) is 13.1. The van der Waals surface area contributed by atoms with Crippen LogP contribution in [0.3, 0.4) is 0 Å². The second-order valence-corrected chi connectivity index (χ2v) is 4.26. The van der Waals surface area contributed by atoms with Crippen molar-refractivity contribution < 1.29 is 8.78 Å². The van der Waals surface area contributed by atoms with E-state index in [-0.39, 0.29) is 11.6 Å². The number of rotatable bonds is 2. The topological polar surface area (TPSA) is 0 Å². The first kappa shape index (κ1) is 12.5. The van der Waals surface area contributed by atoms with Gasteiger partial charge < -0.3 is 0 Å². The summed E-state index contributed by atoms with van der Waals surface area (Å²) in [6, 6.07) is 12.8. The van der Waals surface area contributed by atoms with E-state index < -0.39 is 0 Å². The van der Waals surface area contributed by atoms with E-state index in [9.17, 15) is 8.78 Å². The van der Waals surface area contributed by atoms with Crippen LogP contribution in [0.25, 0.3) is 11.1 Å². The predicted molar refractivity (Wildman–Crippen MR) is 71.0 cm³/mol. The second-order valence-electron chi connectivity index (χ2n) is 4.26. The monoisotopic (exact) mass is 244 g/mol. The van der Waals surface area contributed by atoms with Gasteiger partial charge in [-0.1, -0.05) is 24.3 Å². The van der Waals surface area contributed by atoms with Gasteiger partial charge >= 0.3 is 0 Å². The van der Waals surface area contributed by atoms with Crippen LogP contribution in [-0.2, 0) is 0 Å². The molecule has 0 aliphatic rings. The molecule has 2 aromatic carbocycles. The molecule has 0 radical (unpaired) electrons. The quantitative estimate of drug-likeness (QED) is 0.658. The van der Waals surface area contributed by atoms with Gasteiger partial charge in [-0.3, -0.25) is 0 Å². The van der Waals surface area contributed by atoms with Crippen molar-refractivity contribution in [3.8, 4) is 0 Å². The lowest BCUT2D eigenvalue weighted by molar-refractivity contribution is 0.627. The van der Waals surface area contributed by atoms with E-state index in [2.05, 4.69) is 0 Å². The van der Waals surface area contributed by atoms with Gasteiger partial charge in [0.25, 0.3) is 0 Å². The summed E-state index contributed by atoms with van der Waals surface area (Å²) in [5, 5.41) is 0. The Balaban J connectivity index is 2.40. The van der Waals surface area contributed by atoms with Crippen molar-refractivity contribution in [2.45, 2.75) is 13.8 Å². The highest BCUT2D eigenvalue weighted by Gasteiger charge is 2.03. The summed E-state index contributed by atoms with van der Waals surface area (Å²) < 4.78 is 25.7. The molecule has 0 N–H and O–H groups in total. The summed E-state index contributed by atoms with van der Waals surface area (Å²) in [7, 11) is 0. The summed E-state index contributed by atoms with van der Waals surface area (Å²) in [6.07, 6.45) is 0. The summed E-state index contributed by atoms with van der Waals surface area (Å²) in [5.41, 5.74) is 4.06. The standard InChI is InChI=1S/C16H14F2/c1-11(13-3-7-15(17)8-4-13)12(2)14-5-9-16(18)10-6-14/h3-10H,1-2H3/b12-11-. The fourth-order valence-corrected chi connectivity index (χ4v) is 1.83. The van der Waals surface area contributed by atoms with Crippen molar-refractivity contribution >= 4 is 11.1 Å². The molecule has 0 aromatic heterocycles. The summed E-state index contributed by atoms with van der Waals surface area (Å²) >= 11 is 0. The van der Waals surface area contributed by atoms with Crippen molar-refractivity contribution in [3.63, 3.8) is 0 Å². The van der Waals surface area contributed by atoms with Gasteiger partial charge in [0.15, 0.2) is 0 Å². The van der Waals surface area contributed by atoms with E-state index >= 15 is 0 Å². The van der Waals surface area contributed by atoms with Crippen molar-refractivity contribution in [2.75, 3.05) is 0 Å². The molecule has 0 unspecified atom stereocenters. The van der Waals surface area contributed by atoms with Gasteiger partial charge in [0.2, 0.25) is 0 Å². The molecule has 2 rings (SSSR count). The van der Waals surface area contributed by atoms with Gasteiger partial charge in [-0.15, -0.1) is 0 Å². The average molecular weight is 244 g/mol. The van der Waals surface area contributed by atoms with Gasteiger partial charge in [0.1, 0.15) is 11.6 Å². The van der Waals surface area contributed by atoms with E-state index in [1.54, 1.807) is 24.3 Å². The third-order valence-corrected chi connectivity index (χ3v) is 3.12. The number of halogens is 2. The minimum absolute atomic E-state index is 0.244. The Bertz CT molecular complexity index is 510. The molecule has 0 aliphatic heterocycles. The normalized spacial score (nSPS) is 12.2. The van der Waals surface area contributed by atoms with Gasteiger partial charge in [-0.05, 0) is 60.4 Å². The van der Waals surface area contributed by atoms with Crippen LogP contribution in [0.4, 0.5) is 8.78 Å². The van der Waals surface area contributed by atoms with E-state index in [4.69, 9.17) is 0 Å². The van der Waals surface area contributed by atoms with Crippen molar-refractivity contribution in [1.29, 1.82) is 0 Å². The first-order valence-corrected chi connectivity index (χ1v) is 5.77. The first-order chi connectivity index (χ1) is 8.58. The maximum Gasteiger partial charge on any atom is 0.123 e. The Hall–Kier alpha value is -1.96. The van der Waals surface area contributed by atoms with Gasteiger partial charge in [-0.2, -0.15) is 0 Å². The van der Waals surface area contributed by atoms with Crippen LogP contribution >= 0.6 is 0 Å². The SMILES string of the molecule is C/C(=C(\C)c1ccc(F)cc1)c1ccc(F)cc1. The summed E-state index contributed by atoms with van der Waals surface area (Å²) in [5.74, 6) is -0.489. The van der Waals surface area contributed by atoms with E-state index in [0.717, 1.165) is 22.3 Å². The Labute approximate surface area is 106 Å². The van der Waals surface area contributed by atoms with Crippen LogP contribution in [-0.4, -0.2) is 0 Å². The van der Waals surface area contributed by atoms with Crippen LogP contribution in [0.2, 0.25) is 0 Å². The van der Waals surface area contributed by atoms with Gasteiger partial charge in [-0.25, -0.2) is 8.78 Å². The molecule has 2 heteroatoms. The molecule has 0 bridgehead atoms. The maximum atomic E-state index is 12.9. The van der Waals surface area contributed by atoms with E-state index in [1.807, 2.05) is 13.8 Å². The predicted octanol–water partition coefficient (Wildman–Crippen LogP) is 4.92. The van der Waals surface area contributed by atoms with Crippen LogP contribution in [0.5, 0.6) is 0 Å². The zero-order valence-electron chi connectivity index (χ0n) is 10.4. The molecule has 0 saturated heterocycles. The molecule has 0 heterocycles. The van der Waals surface area contributed by atoms with Crippen LogP contribution in [0.15, 0.2) is 48.5 Å². The average Bonchev–Trinajstić information content (AvgIpc) is 2.39. The van der Waals surface area contributed by atoms with Crippen LogP contribution < -0.4 is 0 Å². The zero-order valence-corrected chi connectivity index (χ0v) is 10.4. The smallest absolute Gasteiger partial charge is 0.123 e. The second kappa shape index (κ2) is 5.13. The number of hydrogen-bond acceptors (Lipinski definition) is 0. The Morgan fingerprint density at radius 1 is 0.611 bits per heavy atom. The van der Waals surface area contributed by atoms with E-state index in [0.29, 0.717) is 0 Å². The molecular formula is C16H14F2. The number of benzene rings is 2. The molecule has 18 heavy (non-hydrogen) atoms. The summed E-state index contributed by atoms with van der Waals surface area (Å²) in [4.78, 5) is 0. The lowest BCUT2D eigenvalue weighted by Gasteiger charge is -2.08. The first-order valence-electron chi connectivity index (χ1n) is 5.77. The molecule has 0 aliphatic carbocycles. The molecule has 0 amide bonds.